The fourth-order valence-corrected chi connectivity index (χ4v) is 2.07. The third kappa shape index (κ3) is 3.36. The van der Waals surface area contributed by atoms with Gasteiger partial charge in [-0.1, -0.05) is 19.1 Å². The zero-order valence-electron chi connectivity index (χ0n) is 11.8. The monoisotopic (exact) mass is 295 g/mol. The molecular formula is C16H16F3NO. The molecule has 2 nitrogen and oxygen atoms in total. The zero-order chi connectivity index (χ0) is 15.4. The van der Waals surface area contributed by atoms with Crippen LogP contribution in [-0.2, 0) is 6.54 Å². The number of halogens is 3. The predicted octanol–water partition coefficient (Wildman–Crippen LogP) is 3.89. The maximum absolute atomic E-state index is 14.1. The molecule has 0 radical (unpaired) electrons. The van der Waals surface area contributed by atoms with Crippen molar-refractivity contribution in [3.8, 4) is 16.9 Å². The molecule has 0 saturated carbocycles. The van der Waals surface area contributed by atoms with E-state index in [1.54, 1.807) is 6.07 Å². The molecular weight excluding hydrogens is 279 g/mol. The summed E-state index contributed by atoms with van der Waals surface area (Å²) in [6.07, 6.45) is 0. The lowest BCUT2D eigenvalue weighted by atomic mass is 10.0. The van der Waals surface area contributed by atoms with E-state index in [0.29, 0.717) is 12.1 Å². The van der Waals surface area contributed by atoms with Crippen molar-refractivity contribution in [3.63, 3.8) is 0 Å². The molecule has 0 atom stereocenters. The maximum Gasteiger partial charge on any atom is 0.137 e. The Kier molecular flexibility index (Phi) is 4.85. The van der Waals surface area contributed by atoms with Gasteiger partial charge in [-0.3, -0.25) is 0 Å². The molecule has 0 heterocycles. The molecule has 2 aromatic rings. The van der Waals surface area contributed by atoms with Crippen LogP contribution in [0.4, 0.5) is 13.2 Å². The van der Waals surface area contributed by atoms with E-state index in [-0.39, 0.29) is 16.9 Å². The van der Waals surface area contributed by atoms with E-state index >= 15 is 0 Å². The molecule has 112 valence electrons. The van der Waals surface area contributed by atoms with Crippen molar-refractivity contribution in [3.05, 3.63) is 53.3 Å². The number of benzene rings is 2. The summed E-state index contributed by atoms with van der Waals surface area (Å²) in [5.74, 6) is -2.32. The van der Waals surface area contributed by atoms with Crippen LogP contribution < -0.4 is 10.1 Å². The second-order valence-corrected chi connectivity index (χ2v) is 4.56. The zero-order valence-corrected chi connectivity index (χ0v) is 11.8. The van der Waals surface area contributed by atoms with E-state index in [1.165, 1.54) is 19.2 Å². The van der Waals surface area contributed by atoms with Crippen LogP contribution in [0.1, 0.15) is 12.5 Å². The Morgan fingerprint density at radius 1 is 1.00 bits per heavy atom. The second kappa shape index (κ2) is 6.63. The Morgan fingerprint density at radius 2 is 1.67 bits per heavy atom. The van der Waals surface area contributed by atoms with Crippen LogP contribution >= 0.6 is 0 Å². The van der Waals surface area contributed by atoms with Gasteiger partial charge in [0.15, 0.2) is 0 Å². The summed E-state index contributed by atoms with van der Waals surface area (Å²) in [4.78, 5) is 0. The first-order valence-corrected chi connectivity index (χ1v) is 6.59. The van der Waals surface area contributed by atoms with Gasteiger partial charge in [-0.05, 0) is 18.2 Å². The molecule has 2 aromatic carbocycles. The predicted molar refractivity (Wildman–Crippen MR) is 75.7 cm³/mol. The minimum absolute atomic E-state index is 0.0536. The normalized spacial score (nSPS) is 10.7. The first-order chi connectivity index (χ1) is 10.1. The molecule has 0 aliphatic carbocycles. The lowest BCUT2D eigenvalue weighted by molar-refractivity contribution is 0.407. The van der Waals surface area contributed by atoms with E-state index in [2.05, 4.69) is 5.32 Å². The molecule has 0 saturated heterocycles. The molecule has 0 aliphatic rings. The number of nitrogens with one attached hydrogen (secondary N) is 1. The molecule has 0 fully saturated rings. The fourth-order valence-electron chi connectivity index (χ4n) is 2.07. The third-order valence-corrected chi connectivity index (χ3v) is 3.13. The first-order valence-electron chi connectivity index (χ1n) is 6.59. The topological polar surface area (TPSA) is 21.3 Å². The molecule has 0 bridgehead atoms. The van der Waals surface area contributed by atoms with Crippen LogP contribution in [-0.4, -0.2) is 13.7 Å². The molecule has 21 heavy (non-hydrogen) atoms. The van der Waals surface area contributed by atoms with Crippen molar-refractivity contribution in [1.29, 1.82) is 0 Å². The van der Waals surface area contributed by atoms with Crippen LogP contribution in [0.3, 0.4) is 0 Å². The summed E-state index contributed by atoms with van der Waals surface area (Å²) < 4.78 is 46.8. The summed E-state index contributed by atoms with van der Waals surface area (Å²) >= 11 is 0. The van der Waals surface area contributed by atoms with Crippen molar-refractivity contribution in [2.75, 3.05) is 13.7 Å². The quantitative estimate of drug-likeness (QED) is 0.903. The van der Waals surface area contributed by atoms with Gasteiger partial charge in [0.1, 0.15) is 23.2 Å². The van der Waals surface area contributed by atoms with Crippen molar-refractivity contribution >= 4 is 0 Å². The Labute approximate surface area is 121 Å². The van der Waals surface area contributed by atoms with Gasteiger partial charge < -0.3 is 10.1 Å². The van der Waals surface area contributed by atoms with Gasteiger partial charge in [-0.25, -0.2) is 13.2 Å². The highest BCUT2D eigenvalue weighted by molar-refractivity contribution is 5.67. The van der Waals surface area contributed by atoms with Gasteiger partial charge in [0.2, 0.25) is 0 Å². The molecule has 0 aliphatic heterocycles. The largest absolute Gasteiger partial charge is 0.497 e. The Hall–Kier alpha value is -2.01. The third-order valence-electron chi connectivity index (χ3n) is 3.13. The van der Waals surface area contributed by atoms with Crippen LogP contribution in [0.2, 0.25) is 0 Å². The van der Waals surface area contributed by atoms with Gasteiger partial charge in [0.25, 0.3) is 0 Å². The number of hydrogen-bond donors (Lipinski definition) is 1. The Balaban J connectivity index is 2.43. The van der Waals surface area contributed by atoms with Gasteiger partial charge in [0.05, 0.1) is 12.7 Å². The summed E-state index contributed by atoms with van der Waals surface area (Å²) in [7, 11) is 1.31. The number of methoxy groups -OCH3 is 1. The molecule has 0 aromatic heterocycles. The minimum atomic E-state index is -0.856. The van der Waals surface area contributed by atoms with Gasteiger partial charge in [0, 0.05) is 24.2 Å². The van der Waals surface area contributed by atoms with Crippen LogP contribution in [0.15, 0.2) is 30.3 Å². The van der Waals surface area contributed by atoms with E-state index in [4.69, 9.17) is 4.74 Å². The molecule has 5 heteroatoms. The van der Waals surface area contributed by atoms with Gasteiger partial charge >= 0.3 is 0 Å². The standard InChI is InChI=1S/C16H16F3NO/c1-3-20-9-10-4-5-12(13(17)6-10)16-14(18)7-11(21-2)8-15(16)19/h4-8,20H,3,9H2,1-2H3. The smallest absolute Gasteiger partial charge is 0.137 e. The van der Waals surface area contributed by atoms with Crippen molar-refractivity contribution < 1.29 is 17.9 Å². The molecule has 1 N–H and O–H groups in total. The summed E-state index contributed by atoms with van der Waals surface area (Å²) in [5, 5.41) is 3.06. The van der Waals surface area contributed by atoms with Crippen molar-refractivity contribution in [2.24, 2.45) is 0 Å². The minimum Gasteiger partial charge on any atom is -0.497 e. The number of ether oxygens (including phenoxy) is 1. The summed E-state index contributed by atoms with van der Waals surface area (Å²) in [5.41, 5.74) is 0.226. The van der Waals surface area contributed by atoms with E-state index in [0.717, 1.165) is 18.7 Å². The molecule has 0 amide bonds. The van der Waals surface area contributed by atoms with E-state index in [9.17, 15) is 13.2 Å². The molecule has 2 rings (SSSR count). The first kappa shape index (κ1) is 15.4. The Morgan fingerprint density at radius 3 is 2.19 bits per heavy atom. The second-order valence-electron chi connectivity index (χ2n) is 4.56. The average Bonchev–Trinajstić information content (AvgIpc) is 2.46. The SMILES string of the molecule is CCNCc1ccc(-c2c(F)cc(OC)cc2F)c(F)c1. The Bertz CT molecular complexity index is 620. The van der Waals surface area contributed by atoms with Gasteiger partial charge in [-0.2, -0.15) is 0 Å². The lowest BCUT2D eigenvalue weighted by Gasteiger charge is -2.10. The van der Waals surface area contributed by atoms with Crippen LogP contribution in [0, 0.1) is 17.5 Å². The highest BCUT2D eigenvalue weighted by Crippen LogP contribution is 2.31. The number of rotatable bonds is 5. The lowest BCUT2D eigenvalue weighted by Crippen LogP contribution is -2.11. The highest BCUT2D eigenvalue weighted by atomic mass is 19.1. The van der Waals surface area contributed by atoms with Gasteiger partial charge in [-0.15, -0.1) is 0 Å². The summed E-state index contributed by atoms with van der Waals surface area (Å²) in [6.45, 7) is 3.19. The fraction of sp³-hybridized carbons (Fsp3) is 0.250. The molecule has 0 unspecified atom stereocenters. The highest BCUT2D eigenvalue weighted by Gasteiger charge is 2.17. The van der Waals surface area contributed by atoms with Crippen LogP contribution in [0.5, 0.6) is 5.75 Å². The maximum atomic E-state index is 14.1. The van der Waals surface area contributed by atoms with Crippen molar-refractivity contribution in [1.82, 2.24) is 5.32 Å². The molecule has 0 spiro atoms. The van der Waals surface area contributed by atoms with E-state index in [1.807, 2.05) is 6.92 Å². The summed E-state index contributed by atoms with van der Waals surface area (Å²) in [6, 6.07) is 6.37. The average molecular weight is 295 g/mol. The van der Waals surface area contributed by atoms with Crippen molar-refractivity contribution in [2.45, 2.75) is 13.5 Å². The number of hydrogen-bond acceptors (Lipinski definition) is 2. The van der Waals surface area contributed by atoms with Crippen LogP contribution in [0.25, 0.3) is 11.1 Å². The van der Waals surface area contributed by atoms with E-state index < -0.39 is 17.5 Å².